The summed E-state index contributed by atoms with van der Waals surface area (Å²) >= 11 is 0. The van der Waals surface area contributed by atoms with E-state index in [9.17, 15) is 5.26 Å². The first-order valence-corrected chi connectivity index (χ1v) is 10.2. The van der Waals surface area contributed by atoms with E-state index >= 15 is 0 Å². The summed E-state index contributed by atoms with van der Waals surface area (Å²) in [6.07, 6.45) is 0.929. The van der Waals surface area contributed by atoms with Crippen LogP contribution in [0.25, 0.3) is 10.8 Å². The molecule has 2 fully saturated rings. The first-order valence-electron chi connectivity index (χ1n) is 10.2. The van der Waals surface area contributed by atoms with Crippen LogP contribution in [0.2, 0.25) is 0 Å². The Kier molecular flexibility index (Phi) is 4.54. The van der Waals surface area contributed by atoms with Gasteiger partial charge in [0.15, 0.2) is 5.82 Å². The second-order valence-corrected chi connectivity index (χ2v) is 8.11. The van der Waals surface area contributed by atoms with Crippen LogP contribution in [0.4, 0.5) is 11.5 Å². The molecule has 0 amide bonds. The van der Waals surface area contributed by atoms with E-state index in [4.69, 9.17) is 10.5 Å². The summed E-state index contributed by atoms with van der Waals surface area (Å²) in [5.74, 6) is 0.646. The average molecular weight is 400 g/mol. The van der Waals surface area contributed by atoms with Gasteiger partial charge in [-0.15, -0.1) is 5.10 Å². The molecule has 0 aliphatic carbocycles. The molecule has 0 saturated carbocycles. The van der Waals surface area contributed by atoms with Crippen molar-refractivity contribution >= 4 is 22.3 Å². The third-order valence-electron chi connectivity index (χ3n) is 6.30. The standard InChI is InChI=1S/C23H24N6O/c1-13-15(10-24)4-3-5-19(13)22(25)26-23-21-9-16(6-7-20(21)14(2)27-28-23)29-11-18-8-17(29)12-30-18/h3-7,9,17-18,22H,8,11-12,25H2,1-2H3,(H,26,28)/t17-,18-,22+/m1/s1. The highest BCUT2D eigenvalue weighted by Gasteiger charge is 2.39. The van der Waals surface area contributed by atoms with Crippen LogP contribution < -0.4 is 16.0 Å². The van der Waals surface area contributed by atoms with E-state index in [0.29, 0.717) is 23.5 Å². The van der Waals surface area contributed by atoms with Gasteiger partial charge in [-0.2, -0.15) is 10.4 Å². The topological polar surface area (TPSA) is 100 Å². The van der Waals surface area contributed by atoms with E-state index in [1.54, 1.807) is 6.07 Å². The third kappa shape index (κ3) is 3.05. The molecule has 5 rings (SSSR count). The molecule has 0 unspecified atom stereocenters. The molecule has 0 radical (unpaired) electrons. The first kappa shape index (κ1) is 18.8. The highest BCUT2D eigenvalue weighted by Crippen LogP contribution is 2.36. The fourth-order valence-corrected chi connectivity index (χ4v) is 4.61. The molecule has 2 aliphatic heterocycles. The monoisotopic (exact) mass is 400 g/mol. The maximum Gasteiger partial charge on any atom is 0.158 e. The van der Waals surface area contributed by atoms with Crippen molar-refractivity contribution in [2.75, 3.05) is 23.4 Å². The van der Waals surface area contributed by atoms with Gasteiger partial charge in [0, 0.05) is 23.0 Å². The van der Waals surface area contributed by atoms with E-state index < -0.39 is 6.17 Å². The number of aryl methyl sites for hydroxylation is 1. The lowest BCUT2D eigenvalue weighted by atomic mass is 10.0. The summed E-state index contributed by atoms with van der Waals surface area (Å²) in [5.41, 5.74) is 10.9. The van der Waals surface area contributed by atoms with Crippen LogP contribution in [0.3, 0.4) is 0 Å². The maximum absolute atomic E-state index is 9.32. The number of benzene rings is 2. The van der Waals surface area contributed by atoms with Crippen molar-refractivity contribution < 1.29 is 4.74 Å². The number of anilines is 2. The molecule has 2 aliphatic rings. The van der Waals surface area contributed by atoms with Crippen LogP contribution >= 0.6 is 0 Å². The number of ether oxygens (including phenoxy) is 1. The van der Waals surface area contributed by atoms with Gasteiger partial charge in [-0.25, -0.2) is 0 Å². The molecule has 2 aromatic carbocycles. The third-order valence-corrected chi connectivity index (χ3v) is 6.30. The predicted molar refractivity (Wildman–Crippen MR) is 116 cm³/mol. The Labute approximate surface area is 175 Å². The lowest BCUT2D eigenvalue weighted by molar-refractivity contribution is 0.0991. The van der Waals surface area contributed by atoms with E-state index in [-0.39, 0.29) is 0 Å². The Balaban J connectivity index is 1.52. The number of nitrogens with one attached hydrogen (secondary N) is 1. The Morgan fingerprint density at radius 3 is 2.83 bits per heavy atom. The second kappa shape index (κ2) is 7.24. The number of hydrogen-bond donors (Lipinski definition) is 2. The highest BCUT2D eigenvalue weighted by atomic mass is 16.5. The minimum atomic E-state index is -0.502. The van der Waals surface area contributed by atoms with E-state index in [2.05, 4.69) is 44.7 Å². The number of nitrogens with zero attached hydrogens (tertiary/aromatic N) is 4. The molecule has 0 spiro atoms. The molecular weight excluding hydrogens is 376 g/mol. The van der Waals surface area contributed by atoms with Crippen molar-refractivity contribution in [1.29, 1.82) is 5.26 Å². The fraction of sp³-hybridized carbons (Fsp3) is 0.348. The number of morpholine rings is 1. The fourth-order valence-electron chi connectivity index (χ4n) is 4.61. The van der Waals surface area contributed by atoms with Gasteiger partial charge in [0.1, 0.15) is 6.17 Å². The lowest BCUT2D eigenvalue weighted by Crippen LogP contribution is -2.36. The van der Waals surface area contributed by atoms with Crippen molar-refractivity contribution in [2.45, 2.75) is 38.6 Å². The van der Waals surface area contributed by atoms with E-state index in [1.807, 2.05) is 26.0 Å². The molecule has 3 aromatic rings. The van der Waals surface area contributed by atoms with Crippen LogP contribution in [0, 0.1) is 25.2 Å². The number of fused-ring (bicyclic) bond motifs is 3. The zero-order valence-corrected chi connectivity index (χ0v) is 17.1. The number of nitrogens with two attached hydrogens (primary N) is 1. The number of nitriles is 1. The summed E-state index contributed by atoms with van der Waals surface area (Å²) in [6, 6.07) is 14.7. The number of rotatable bonds is 4. The van der Waals surface area contributed by atoms with Crippen molar-refractivity contribution in [3.8, 4) is 6.07 Å². The molecule has 3 N–H and O–H groups in total. The van der Waals surface area contributed by atoms with Crippen LogP contribution in [0.1, 0.15) is 35.0 Å². The minimum absolute atomic E-state index is 0.337. The minimum Gasteiger partial charge on any atom is -0.374 e. The molecule has 30 heavy (non-hydrogen) atoms. The summed E-state index contributed by atoms with van der Waals surface area (Å²) < 4.78 is 5.75. The molecule has 152 valence electrons. The molecule has 7 nitrogen and oxygen atoms in total. The molecule has 2 bridgehead atoms. The largest absolute Gasteiger partial charge is 0.374 e. The highest BCUT2D eigenvalue weighted by molar-refractivity contribution is 5.95. The van der Waals surface area contributed by atoms with Crippen molar-refractivity contribution in [3.05, 3.63) is 58.8 Å². The molecule has 3 atom stereocenters. The van der Waals surface area contributed by atoms with Crippen molar-refractivity contribution in [3.63, 3.8) is 0 Å². The van der Waals surface area contributed by atoms with Gasteiger partial charge < -0.3 is 20.7 Å². The molecule has 2 saturated heterocycles. The summed E-state index contributed by atoms with van der Waals surface area (Å²) in [5, 5.41) is 23.4. The van der Waals surface area contributed by atoms with Gasteiger partial charge in [0.2, 0.25) is 0 Å². The predicted octanol–water partition coefficient (Wildman–Crippen LogP) is 3.17. The molecule has 7 heteroatoms. The Morgan fingerprint density at radius 1 is 1.23 bits per heavy atom. The smallest absolute Gasteiger partial charge is 0.158 e. The summed E-state index contributed by atoms with van der Waals surface area (Å²) in [6.45, 7) is 5.60. The molecule has 1 aromatic heterocycles. The first-order chi connectivity index (χ1) is 14.5. The molecule has 3 heterocycles. The van der Waals surface area contributed by atoms with Crippen LogP contribution in [-0.2, 0) is 4.74 Å². The SMILES string of the molecule is Cc1c(C#N)cccc1[C@@H](N)Nc1nnc(C)c2ccc(N3C[C@H]4C[C@@H]3CO4)cc12. The van der Waals surface area contributed by atoms with E-state index in [1.165, 1.54) is 5.69 Å². The zero-order chi connectivity index (χ0) is 20.8. The average Bonchev–Trinajstić information content (AvgIpc) is 3.39. The van der Waals surface area contributed by atoms with Crippen LogP contribution in [-0.4, -0.2) is 35.5 Å². The van der Waals surface area contributed by atoms with Gasteiger partial charge in [-0.3, -0.25) is 0 Å². The van der Waals surface area contributed by atoms with Gasteiger partial charge in [0.25, 0.3) is 0 Å². The second-order valence-electron chi connectivity index (χ2n) is 8.11. The van der Waals surface area contributed by atoms with Gasteiger partial charge >= 0.3 is 0 Å². The normalized spacial score (nSPS) is 21.1. The Bertz CT molecular complexity index is 1170. The van der Waals surface area contributed by atoms with Crippen molar-refractivity contribution in [2.24, 2.45) is 5.73 Å². The summed E-state index contributed by atoms with van der Waals surface area (Å²) in [7, 11) is 0. The number of aromatic nitrogens is 2. The molecular formula is C23H24N6O. The Hall–Kier alpha value is -3.21. The van der Waals surface area contributed by atoms with Crippen LogP contribution in [0.15, 0.2) is 36.4 Å². The van der Waals surface area contributed by atoms with Gasteiger partial charge in [-0.05, 0) is 49.6 Å². The van der Waals surface area contributed by atoms with E-state index in [0.717, 1.165) is 47.2 Å². The van der Waals surface area contributed by atoms with Crippen LogP contribution in [0.5, 0.6) is 0 Å². The quantitative estimate of drug-likeness (QED) is 0.649. The van der Waals surface area contributed by atoms with Gasteiger partial charge in [0.05, 0.1) is 36.1 Å². The maximum atomic E-state index is 9.32. The number of hydrogen-bond acceptors (Lipinski definition) is 7. The van der Waals surface area contributed by atoms with Gasteiger partial charge in [-0.1, -0.05) is 18.2 Å². The van der Waals surface area contributed by atoms with Crippen molar-refractivity contribution in [1.82, 2.24) is 10.2 Å². The summed E-state index contributed by atoms with van der Waals surface area (Å²) in [4.78, 5) is 2.42. The lowest BCUT2D eigenvalue weighted by Gasteiger charge is -2.29. The Morgan fingerprint density at radius 2 is 2.10 bits per heavy atom. The zero-order valence-electron chi connectivity index (χ0n) is 17.1.